The minimum absolute atomic E-state index is 0.100. The molecule has 1 heterocycles. The Kier molecular flexibility index (Phi) is 3.82. The number of anilines is 1. The maximum absolute atomic E-state index is 11.1. The number of hydrogen-bond acceptors (Lipinski definition) is 4. The minimum Gasteiger partial charge on any atom is -0.357 e. The number of halogens is 1. The summed E-state index contributed by atoms with van der Waals surface area (Å²) in [6.07, 6.45) is 3.23. The van der Waals surface area contributed by atoms with Gasteiger partial charge in [-0.2, -0.15) is 0 Å². The number of aromatic nitrogens is 2. The molecule has 1 aromatic heterocycles. The summed E-state index contributed by atoms with van der Waals surface area (Å²) in [6.45, 7) is 1.74. The molecule has 1 amide bonds. The topological polar surface area (TPSA) is 66.9 Å². The molecule has 2 N–H and O–H groups in total. The first kappa shape index (κ1) is 10.9. The smallest absolute Gasteiger partial charge is 0.242 e. The Morgan fingerprint density at radius 1 is 1.50 bits per heavy atom. The van der Waals surface area contributed by atoms with Crippen molar-refractivity contribution < 1.29 is 4.79 Å². The fourth-order valence-corrected chi connectivity index (χ4v) is 1.07. The highest BCUT2D eigenvalue weighted by molar-refractivity contribution is 9.10. The minimum atomic E-state index is -0.346. The summed E-state index contributed by atoms with van der Waals surface area (Å²) in [5.41, 5.74) is 0. The van der Waals surface area contributed by atoms with E-state index in [9.17, 15) is 4.79 Å². The van der Waals surface area contributed by atoms with Gasteiger partial charge in [0.25, 0.3) is 0 Å². The average molecular weight is 259 g/mol. The van der Waals surface area contributed by atoms with Gasteiger partial charge in [-0.25, -0.2) is 9.97 Å². The molecule has 76 valence electrons. The first-order valence-corrected chi connectivity index (χ1v) is 4.88. The molecule has 0 unspecified atom stereocenters. The Balaban J connectivity index is 2.60. The second-order valence-electron chi connectivity index (χ2n) is 2.71. The van der Waals surface area contributed by atoms with Crippen LogP contribution in [0.1, 0.15) is 6.92 Å². The summed E-state index contributed by atoms with van der Waals surface area (Å²) in [5.74, 6) is 0.334. The SMILES string of the molecule is CNC(=O)[C@@H](C)Nc1ncc(Br)cn1. The van der Waals surface area contributed by atoms with Gasteiger partial charge < -0.3 is 10.6 Å². The number of rotatable bonds is 3. The van der Waals surface area contributed by atoms with Gasteiger partial charge in [0.1, 0.15) is 6.04 Å². The summed E-state index contributed by atoms with van der Waals surface area (Å²) in [7, 11) is 1.59. The van der Waals surface area contributed by atoms with Crippen LogP contribution in [0, 0.1) is 0 Å². The zero-order valence-corrected chi connectivity index (χ0v) is 9.50. The Morgan fingerprint density at radius 3 is 2.57 bits per heavy atom. The van der Waals surface area contributed by atoms with Crippen LogP contribution in [-0.4, -0.2) is 29.0 Å². The van der Waals surface area contributed by atoms with E-state index in [-0.39, 0.29) is 11.9 Å². The molecular formula is C8H11BrN4O. The van der Waals surface area contributed by atoms with E-state index < -0.39 is 0 Å². The number of carbonyl (C=O) groups excluding carboxylic acids is 1. The Hall–Kier alpha value is -1.17. The number of hydrogen-bond donors (Lipinski definition) is 2. The van der Waals surface area contributed by atoms with Crippen LogP contribution in [0.25, 0.3) is 0 Å². The number of likely N-dealkylation sites (N-methyl/N-ethyl adjacent to an activating group) is 1. The van der Waals surface area contributed by atoms with Crippen molar-refractivity contribution >= 4 is 27.8 Å². The van der Waals surface area contributed by atoms with E-state index in [2.05, 4.69) is 36.5 Å². The highest BCUT2D eigenvalue weighted by Gasteiger charge is 2.10. The molecule has 14 heavy (non-hydrogen) atoms. The molecule has 0 fully saturated rings. The molecule has 0 saturated heterocycles. The molecule has 1 atom stereocenters. The molecule has 0 spiro atoms. The lowest BCUT2D eigenvalue weighted by atomic mass is 10.3. The van der Waals surface area contributed by atoms with Crippen LogP contribution >= 0.6 is 15.9 Å². The predicted octanol–water partition coefficient (Wildman–Crippen LogP) is 0.785. The summed E-state index contributed by atoms with van der Waals surface area (Å²) in [5, 5.41) is 5.39. The number of carbonyl (C=O) groups is 1. The van der Waals surface area contributed by atoms with Crippen molar-refractivity contribution in [3.8, 4) is 0 Å². The van der Waals surface area contributed by atoms with Gasteiger partial charge in [0, 0.05) is 19.4 Å². The average Bonchev–Trinajstić information content (AvgIpc) is 2.20. The van der Waals surface area contributed by atoms with Crippen molar-refractivity contribution in [3.05, 3.63) is 16.9 Å². The van der Waals surface area contributed by atoms with Crippen molar-refractivity contribution in [2.75, 3.05) is 12.4 Å². The van der Waals surface area contributed by atoms with Crippen molar-refractivity contribution in [2.45, 2.75) is 13.0 Å². The summed E-state index contributed by atoms with van der Waals surface area (Å²) in [4.78, 5) is 19.1. The lowest BCUT2D eigenvalue weighted by molar-refractivity contribution is -0.121. The maximum atomic E-state index is 11.1. The first-order valence-electron chi connectivity index (χ1n) is 4.09. The third-order valence-corrected chi connectivity index (χ3v) is 2.02. The highest BCUT2D eigenvalue weighted by atomic mass is 79.9. The Morgan fingerprint density at radius 2 is 2.07 bits per heavy atom. The third kappa shape index (κ3) is 2.95. The molecule has 6 heteroatoms. The van der Waals surface area contributed by atoms with Gasteiger partial charge in [0.05, 0.1) is 4.47 Å². The molecule has 0 aromatic carbocycles. The van der Waals surface area contributed by atoms with Gasteiger partial charge in [-0.3, -0.25) is 4.79 Å². The van der Waals surface area contributed by atoms with E-state index in [1.165, 1.54) is 0 Å². The fourth-order valence-electron chi connectivity index (χ4n) is 0.863. The Labute approximate surface area is 90.5 Å². The predicted molar refractivity (Wildman–Crippen MR) is 56.9 cm³/mol. The second-order valence-corrected chi connectivity index (χ2v) is 3.62. The Bertz CT molecular complexity index is 314. The van der Waals surface area contributed by atoms with Crippen LogP contribution < -0.4 is 10.6 Å². The van der Waals surface area contributed by atoms with Crippen LogP contribution in [0.2, 0.25) is 0 Å². The number of nitrogens with one attached hydrogen (secondary N) is 2. The number of amides is 1. The van der Waals surface area contributed by atoms with E-state index in [0.717, 1.165) is 4.47 Å². The quantitative estimate of drug-likeness (QED) is 0.842. The molecule has 0 aliphatic rings. The van der Waals surface area contributed by atoms with E-state index in [1.54, 1.807) is 26.4 Å². The van der Waals surface area contributed by atoms with E-state index in [4.69, 9.17) is 0 Å². The zero-order chi connectivity index (χ0) is 10.6. The molecule has 1 aromatic rings. The molecule has 0 aliphatic carbocycles. The molecule has 0 radical (unpaired) electrons. The van der Waals surface area contributed by atoms with Gasteiger partial charge in [-0.05, 0) is 22.9 Å². The van der Waals surface area contributed by atoms with Gasteiger partial charge >= 0.3 is 0 Å². The van der Waals surface area contributed by atoms with Crippen LogP contribution in [-0.2, 0) is 4.79 Å². The summed E-state index contributed by atoms with van der Waals surface area (Å²) < 4.78 is 0.802. The second kappa shape index (κ2) is 4.90. The standard InChI is InChI=1S/C8H11BrN4O/c1-5(7(14)10-2)13-8-11-3-6(9)4-12-8/h3-5H,1-2H3,(H,10,14)(H,11,12,13)/t5-/m1/s1. The third-order valence-electron chi connectivity index (χ3n) is 1.61. The molecule has 0 aliphatic heterocycles. The number of nitrogens with zero attached hydrogens (tertiary/aromatic N) is 2. The van der Waals surface area contributed by atoms with Gasteiger partial charge in [0.2, 0.25) is 11.9 Å². The summed E-state index contributed by atoms with van der Waals surface area (Å²) >= 11 is 3.22. The lowest BCUT2D eigenvalue weighted by Gasteiger charge is -2.11. The molecule has 5 nitrogen and oxygen atoms in total. The van der Waals surface area contributed by atoms with Crippen LogP contribution in [0.15, 0.2) is 16.9 Å². The fraction of sp³-hybridized carbons (Fsp3) is 0.375. The van der Waals surface area contributed by atoms with E-state index >= 15 is 0 Å². The van der Waals surface area contributed by atoms with Crippen LogP contribution in [0.4, 0.5) is 5.95 Å². The monoisotopic (exact) mass is 258 g/mol. The van der Waals surface area contributed by atoms with Gasteiger partial charge in [-0.1, -0.05) is 0 Å². The van der Waals surface area contributed by atoms with Crippen molar-refractivity contribution in [3.63, 3.8) is 0 Å². The first-order chi connectivity index (χ1) is 6.63. The molecule has 0 saturated carbocycles. The van der Waals surface area contributed by atoms with Crippen LogP contribution in [0.3, 0.4) is 0 Å². The highest BCUT2D eigenvalue weighted by Crippen LogP contribution is 2.07. The molecular weight excluding hydrogens is 248 g/mol. The molecule has 0 bridgehead atoms. The van der Waals surface area contributed by atoms with Gasteiger partial charge in [-0.15, -0.1) is 0 Å². The van der Waals surface area contributed by atoms with E-state index in [1.807, 2.05) is 0 Å². The molecule has 1 rings (SSSR count). The lowest BCUT2D eigenvalue weighted by Crippen LogP contribution is -2.35. The van der Waals surface area contributed by atoms with Crippen molar-refractivity contribution in [2.24, 2.45) is 0 Å². The maximum Gasteiger partial charge on any atom is 0.242 e. The van der Waals surface area contributed by atoms with Gasteiger partial charge in [0.15, 0.2) is 0 Å². The normalized spacial score (nSPS) is 11.9. The zero-order valence-electron chi connectivity index (χ0n) is 7.91. The summed E-state index contributed by atoms with van der Waals surface area (Å²) in [6, 6.07) is -0.346. The van der Waals surface area contributed by atoms with Crippen LogP contribution in [0.5, 0.6) is 0 Å². The van der Waals surface area contributed by atoms with Crippen molar-refractivity contribution in [1.82, 2.24) is 15.3 Å². The van der Waals surface area contributed by atoms with Crippen molar-refractivity contribution in [1.29, 1.82) is 0 Å². The van der Waals surface area contributed by atoms with E-state index in [0.29, 0.717) is 5.95 Å². The largest absolute Gasteiger partial charge is 0.357 e.